The molecule has 7 heteroatoms. The summed E-state index contributed by atoms with van der Waals surface area (Å²) in [6.45, 7) is 6.61. The maximum absolute atomic E-state index is 13.0. The Morgan fingerprint density at radius 3 is 2.81 bits per heavy atom. The molecule has 1 saturated heterocycles. The van der Waals surface area contributed by atoms with Crippen molar-refractivity contribution in [3.8, 4) is 0 Å². The predicted octanol–water partition coefficient (Wildman–Crippen LogP) is 3.14. The second-order valence-electron chi connectivity index (χ2n) is 7.23. The summed E-state index contributed by atoms with van der Waals surface area (Å²) in [7, 11) is 0. The molecule has 0 amide bonds. The van der Waals surface area contributed by atoms with E-state index in [9.17, 15) is 4.79 Å². The van der Waals surface area contributed by atoms with Gasteiger partial charge in [0.15, 0.2) is 5.65 Å². The summed E-state index contributed by atoms with van der Waals surface area (Å²) in [5.74, 6) is 0.579. The van der Waals surface area contributed by atoms with Gasteiger partial charge in [-0.15, -0.1) is 0 Å². The van der Waals surface area contributed by atoms with E-state index in [0.717, 1.165) is 24.6 Å². The molecule has 1 saturated carbocycles. The number of fused-ring (bicyclic) bond motifs is 1. The molecule has 1 aliphatic heterocycles. The molecular formula is C19H25N5O2. The zero-order valence-electron chi connectivity index (χ0n) is 15.2. The van der Waals surface area contributed by atoms with Crippen LogP contribution in [0.2, 0.25) is 0 Å². The van der Waals surface area contributed by atoms with E-state index in [0.29, 0.717) is 42.1 Å². The lowest BCUT2D eigenvalue weighted by Gasteiger charge is -2.23. The van der Waals surface area contributed by atoms with E-state index < -0.39 is 0 Å². The molecule has 1 aliphatic carbocycles. The maximum Gasteiger partial charge on any atom is 0.257 e. The monoisotopic (exact) mass is 355 g/mol. The van der Waals surface area contributed by atoms with Crippen molar-refractivity contribution in [1.82, 2.24) is 14.5 Å². The lowest BCUT2D eigenvalue weighted by atomic mass is 9.96. The highest BCUT2D eigenvalue weighted by molar-refractivity contribution is 5.89. The fourth-order valence-electron chi connectivity index (χ4n) is 4.07. The Morgan fingerprint density at radius 2 is 2.12 bits per heavy atom. The molecular weight excluding hydrogens is 330 g/mol. The summed E-state index contributed by atoms with van der Waals surface area (Å²) in [6, 6.07) is 0.402. The quantitative estimate of drug-likeness (QED) is 0.852. The van der Waals surface area contributed by atoms with Crippen LogP contribution in [0.5, 0.6) is 0 Å². The minimum atomic E-state index is -0.0716. The van der Waals surface area contributed by atoms with Crippen molar-refractivity contribution in [2.24, 2.45) is 4.99 Å². The molecule has 2 aliphatic rings. The Morgan fingerprint density at radius 1 is 1.31 bits per heavy atom. The topological polar surface area (TPSA) is 81.4 Å². The molecule has 1 N–H and O–H groups in total. The van der Waals surface area contributed by atoms with Crippen LogP contribution in [-0.2, 0) is 4.74 Å². The highest BCUT2D eigenvalue weighted by Crippen LogP contribution is 2.30. The van der Waals surface area contributed by atoms with Crippen molar-refractivity contribution in [3.05, 3.63) is 22.1 Å². The number of hydrogen-bond donors (Lipinski definition) is 1. The molecule has 2 aromatic rings. The second-order valence-corrected chi connectivity index (χ2v) is 7.23. The van der Waals surface area contributed by atoms with E-state index >= 15 is 0 Å². The molecule has 0 radical (unpaired) electrons. The zero-order chi connectivity index (χ0) is 18.1. The van der Waals surface area contributed by atoms with Crippen LogP contribution in [0.1, 0.15) is 50.1 Å². The number of nitrogens with one attached hydrogen (secondary N) is 1. The first kappa shape index (κ1) is 17.1. The Hall–Kier alpha value is -2.28. The molecule has 26 heavy (non-hydrogen) atoms. The van der Waals surface area contributed by atoms with Crippen LogP contribution in [0, 0.1) is 6.92 Å². The molecule has 0 spiro atoms. The minimum absolute atomic E-state index is 0.00000383. The van der Waals surface area contributed by atoms with Crippen molar-refractivity contribution < 1.29 is 4.74 Å². The number of rotatable bonds is 4. The van der Waals surface area contributed by atoms with Gasteiger partial charge < -0.3 is 10.1 Å². The van der Waals surface area contributed by atoms with E-state index in [2.05, 4.69) is 22.0 Å². The number of nitrogens with zero attached hydrogens (tertiary/aromatic N) is 4. The maximum atomic E-state index is 13.0. The van der Waals surface area contributed by atoms with E-state index in [1.54, 1.807) is 17.7 Å². The van der Waals surface area contributed by atoms with Crippen molar-refractivity contribution in [2.75, 3.05) is 18.5 Å². The number of aliphatic imine (C=N–C) groups is 1. The van der Waals surface area contributed by atoms with Crippen molar-refractivity contribution in [3.63, 3.8) is 0 Å². The third kappa shape index (κ3) is 3.00. The van der Waals surface area contributed by atoms with Gasteiger partial charge in [0.05, 0.1) is 23.7 Å². The SMILES string of the molecule is C=Nc1c(C)c(=O)n(C2CCOC2)c2nc(NC3CCCCC3)ncc12. The summed E-state index contributed by atoms with van der Waals surface area (Å²) < 4.78 is 7.27. The molecule has 2 aromatic heterocycles. The van der Waals surface area contributed by atoms with E-state index in [-0.39, 0.29) is 11.6 Å². The average molecular weight is 355 g/mol. The van der Waals surface area contributed by atoms with Crippen LogP contribution < -0.4 is 10.9 Å². The first-order valence-electron chi connectivity index (χ1n) is 9.42. The Labute approximate surface area is 152 Å². The van der Waals surface area contributed by atoms with Crippen molar-refractivity contribution in [2.45, 2.75) is 57.5 Å². The number of anilines is 1. The number of aromatic nitrogens is 3. The summed E-state index contributed by atoms with van der Waals surface area (Å²) in [4.78, 5) is 26.3. The standard InChI is InChI=1S/C19H25N5O2/c1-12-16(20-2)15-10-21-19(22-13-6-4-3-5-7-13)23-17(15)24(18(12)25)14-8-9-26-11-14/h10,13-14H,2-9,11H2,1H3,(H,21,22,23). The Kier molecular flexibility index (Phi) is 4.72. The molecule has 4 rings (SSSR count). The van der Waals surface area contributed by atoms with Gasteiger partial charge in [-0.2, -0.15) is 4.98 Å². The second kappa shape index (κ2) is 7.15. The molecule has 0 aromatic carbocycles. The van der Waals surface area contributed by atoms with Crippen LogP contribution in [0.15, 0.2) is 16.0 Å². The van der Waals surface area contributed by atoms with Gasteiger partial charge in [-0.05, 0) is 32.9 Å². The van der Waals surface area contributed by atoms with E-state index in [1.807, 2.05) is 0 Å². The Bertz CT molecular complexity index is 880. The van der Waals surface area contributed by atoms with Gasteiger partial charge in [0.2, 0.25) is 5.95 Å². The summed E-state index contributed by atoms with van der Waals surface area (Å²) in [5, 5.41) is 4.21. The molecule has 1 atom stereocenters. The van der Waals surface area contributed by atoms with Gasteiger partial charge in [0.1, 0.15) is 0 Å². The van der Waals surface area contributed by atoms with Crippen LogP contribution in [0.4, 0.5) is 11.6 Å². The summed E-state index contributed by atoms with van der Waals surface area (Å²) >= 11 is 0. The highest BCUT2D eigenvalue weighted by Gasteiger charge is 2.25. The highest BCUT2D eigenvalue weighted by atomic mass is 16.5. The Balaban J connectivity index is 1.83. The van der Waals surface area contributed by atoms with Gasteiger partial charge in [-0.1, -0.05) is 19.3 Å². The van der Waals surface area contributed by atoms with Gasteiger partial charge in [-0.25, -0.2) is 4.98 Å². The largest absolute Gasteiger partial charge is 0.379 e. The van der Waals surface area contributed by atoms with Crippen molar-refractivity contribution >= 4 is 29.4 Å². The molecule has 0 bridgehead atoms. The fourth-order valence-corrected chi connectivity index (χ4v) is 4.07. The smallest absolute Gasteiger partial charge is 0.257 e. The zero-order valence-corrected chi connectivity index (χ0v) is 15.2. The summed E-state index contributed by atoms with van der Waals surface area (Å²) in [5.41, 5.74) is 1.70. The number of ether oxygens (including phenoxy) is 1. The minimum Gasteiger partial charge on any atom is -0.379 e. The first-order valence-corrected chi connectivity index (χ1v) is 9.42. The molecule has 3 heterocycles. The van der Waals surface area contributed by atoms with E-state index in [1.165, 1.54) is 19.3 Å². The lowest BCUT2D eigenvalue weighted by Crippen LogP contribution is -2.29. The number of hydrogen-bond acceptors (Lipinski definition) is 6. The lowest BCUT2D eigenvalue weighted by molar-refractivity contribution is 0.186. The number of pyridine rings is 1. The molecule has 2 fully saturated rings. The predicted molar refractivity (Wildman–Crippen MR) is 103 cm³/mol. The van der Waals surface area contributed by atoms with Gasteiger partial charge in [-0.3, -0.25) is 14.4 Å². The van der Waals surface area contributed by atoms with Crippen LogP contribution in [0.3, 0.4) is 0 Å². The first-order chi connectivity index (χ1) is 12.7. The van der Waals surface area contributed by atoms with Gasteiger partial charge in [0.25, 0.3) is 5.56 Å². The van der Waals surface area contributed by atoms with Crippen LogP contribution in [0.25, 0.3) is 11.0 Å². The summed E-state index contributed by atoms with van der Waals surface area (Å²) in [6.07, 6.45) is 8.61. The molecule has 138 valence electrons. The normalized spacial score (nSPS) is 21.2. The van der Waals surface area contributed by atoms with Gasteiger partial charge >= 0.3 is 0 Å². The van der Waals surface area contributed by atoms with Crippen LogP contribution in [-0.4, -0.2) is 40.5 Å². The molecule has 1 unspecified atom stereocenters. The van der Waals surface area contributed by atoms with E-state index in [4.69, 9.17) is 9.72 Å². The van der Waals surface area contributed by atoms with Crippen LogP contribution >= 0.6 is 0 Å². The third-order valence-electron chi connectivity index (χ3n) is 5.51. The molecule has 7 nitrogen and oxygen atoms in total. The van der Waals surface area contributed by atoms with Gasteiger partial charge in [0, 0.05) is 24.4 Å². The fraction of sp³-hybridized carbons (Fsp3) is 0.579. The third-order valence-corrected chi connectivity index (χ3v) is 5.51. The average Bonchev–Trinajstić information content (AvgIpc) is 3.18. The van der Waals surface area contributed by atoms with Crippen molar-refractivity contribution in [1.29, 1.82) is 0 Å².